The molecule has 11 heteroatoms. The van der Waals surface area contributed by atoms with E-state index in [1.165, 1.54) is 11.5 Å². The number of benzene rings is 1. The number of anilines is 3. The molecule has 0 aliphatic carbocycles. The Morgan fingerprint density at radius 2 is 1.79 bits per heavy atom. The van der Waals surface area contributed by atoms with E-state index in [2.05, 4.69) is 20.8 Å². The van der Waals surface area contributed by atoms with Crippen LogP contribution in [0.5, 0.6) is 0 Å². The van der Waals surface area contributed by atoms with Gasteiger partial charge in [-0.25, -0.2) is 0 Å². The van der Waals surface area contributed by atoms with Crippen LogP contribution in [0.3, 0.4) is 0 Å². The third-order valence-electron chi connectivity index (χ3n) is 3.55. The van der Waals surface area contributed by atoms with Gasteiger partial charge in [-0.05, 0) is 38.1 Å². The molecule has 0 fully saturated rings. The Bertz CT molecular complexity index is 852. The number of nitrogens with zero attached hydrogens (tertiary/aromatic N) is 3. The standard InChI is InChI=1S/C17H22N6O4S/c1-4-27-14(25)9-28-17-22-21-16(18)23(17)10(2)15(26)20-13-7-5-12(6-8-13)19-11(3)24/h5-8,10H,4,9H2,1-3H3,(H2,18,21)(H,19,24)(H,20,26). The van der Waals surface area contributed by atoms with Crippen LogP contribution in [-0.4, -0.2) is 44.9 Å². The molecule has 150 valence electrons. The van der Waals surface area contributed by atoms with Crippen LogP contribution in [0, 0.1) is 0 Å². The highest BCUT2D eigenvalue weighted by molar-refractivity contribution is 7.99. The van der Waals surface area contributed by atoms with Gasteiger partial charge in [0.2, 0.25) is 17.8 Å². The van der Waals surface area contributed by atoms with Gasteiger partial charge in [-0.2, -0.15) is 0 Å². The van der Waals surface area contributed by atoms with Crippen molar-refractivity contribution in [2.24, 2.45) is 0 Å². The zero-order valence-corrected chi connectivity index (χ0v) is 16.6. The summed E-state index contributed by atoms with van der Waals surface area (Å²) in [5.41, 5.74) is 7.02. The smallest absolute Gasteiger partial charge is 0.316 e. The number of esters is 1. The summed E-state index contributed by atoms with van der Waals surface area (Å²) in [7, 11) is 0. The van der Waals surface area contributed by atoms with Crippen LogP contribution in [0.15, 0.2) is 29.4 Å². The van der Waals surface area contributed by atoms with Gasteiger partial charge in [0, 0.05) is 18.3 Å². The lowest BCUT2D eigenvalue weighted by Crippen LogP contribution is -2.25. The highest BCUT2D eigenvalue weighted by atomic mass is 32.2. The van der Waals surface area contributed by atoms with Gasteiger partial charge in [0.15, 0.2) is 5.16 Å². The van der Waals surface area contributed by atoms with E-state index in [1.54, 1.807) is 38.1 Å². The molecule has 1 unspecified atom stereocenters. The Hall–Kier alpha value is -3.08. The molecule has 0 aliphatic rings. The second-order valence-electron chi connectivity index (χ2n) is 5.73. The first kappa shape index (κ1) is 21.2. The number of nitrogens with two attached hydrogens (primary N) is 1. The van der Waals surface area contributed by atoms with Gasteiger partial charge in [-0.15, -0.1) is 10.2 Å². The summed E-state index contributed by atoms with van der Waals surface area (Å²) in [6, 6.07) is 5.98. The Morgan fingerprint density at radius 1 is 1.18 bits per heavy atom. The van der Waals surface area contributed by atoms with Gasteiger partial charge in [-0.1, -0.05) is 11.8 Å². The van der Waals surface area contributed by atoms with Crippen molar-refractivity contribution in [1.82, 2.24) is 14.8 Å². The highest BCUT2D eigenvalue weighted by Crippen LogP contribution is 2.24. The topological polar surface area (TPSA) is 141 Å². The molecule has 4 N–H and O–H groups in total. The maximum atomic E-state index is 12.6. The Kier molecular flexibility index (Phi) is 7.38. The summed E-state index contributed by atoms with van der Waals surface area (Å²) in [6.45, 7) is 5.07. The molecule has 1 atom stereocenters. The largest absolute Gasteiger partial charge is 0.465 e. The molecule has 0 radical (unpaired) electrons. The molecular weight excluding hydrogens is 384 g/mol. The minimum absolute atomic E-state index is 0.0327. The van der Waals surface area contributed by atoms with E-state index in [9.17, 15) is 14.4 Å². The third kappa shape index (κ3) is 5.71. The molecular formula is C17H22N6O4S. The number of aromatic nitrogens is 3. The first-order valence-corrected chi connectivity index (χ1v) is 9.47. The first-order chi connectivity index (χ1) is 13.3. The Morgan fingerprint density at radius 3 is 2.36 bits per heavy atom. The summed E-state index contributed by atoms with van der Waals surface area (Å²) in [4.78, 5) is 35.2. The molecule has 0 aliphatic heterocycles. The minimum atomic E-state index is -0.713. The van der Waals surface area contributed by atoms with Gasteiger partial charge in [0.1, 0.15) is 6.04 Å². The number of thioether (sulfide) groups is 1. The second-order valence-corrected chi connectivity index (χ2v) is 6.67. The predicted molar refractivity (Wildman–Crippen MR) is 106 cm³/mol. The zero-order valence-electron chi connectivity index (χ0n) is 15.8. The fourth-order valence-corrected chi connectivity index (χ4v) is 3.10. The lowest BCUT2D eigenvalue weighted by Gasteiger charge is -2.16. The number of hydrogen-bond acceptors (Lipinski definition) is 8. The third-order valence-corrected chi connectivity index (χ3v) is 4.47. The average Bonchev–Trinajstić information content (AvgIpc) is 3.01. The van der Waals surface area contributed by atoms with E-state index < -0.39 is 12.0 Å². The van der Waals surface area contributed by atoms with Crippen LogP contribution >= 0.6 is 11.8 Å². The highest BCUT2D eigenvalue weighted by Gasteiger charge is 2.23. The van der Waals surface area contributed by atoms with Gasteiger partial charge in [0.25, 0.3) is 0 Å². The summed E-state index contributed by atoms with van der Waals surface area (Å²) in [5, 5.41) is 13.5. The average molecular weight is 406 g/mol. The first-order valence-electron chi connectivity index (χ1n) is 8.49. The van der Waals surface area contributed by atoms with Gasteiger partial charge < -0.3 is 21.1 Å². The number of nitrogen functional groups attached to an aromatic ring is 1. The molecule has 0 saturated heterocycles. The van der Waals surface area contributed by atoms with Crippen molar-refractivity contribution in [3.05, 3.63) is 24.3 Å². The van der Waals surface area contributed by atoms with Gasteiger partial charge >= 0.3 is 5.97 Å². The number of rotatable bonds is 8. The number of nitrogens with one attached hydrogen (secondary N) is 2. The number of carbonyl (C=O) groups is 3. The van der Waals surface area contributed by atoms with Crippen molar-refractivity contribution in [1.29, 1.82) is 0 Å². The summed E-state index contributed by atoms with van der Waals surface area (Å²) >= 11 is 1.09. The van der Waals surface area contributed by atoms with Crippen molar-refractivity contribution >= 4 is 46.9 Å². The molecule has 2 rings (SSSR count). The molecule has 1 aromatic heterocycles. The molecule has 0 bridgehead atoms. The van der Waals surface area contributed by atoms with Crippen molar-refractivity contribution in [3.8, 4) is 0 Å². The van der Waals surface area contributed by atoms with E-state index >= 15 is 0 Å². The van der Waals surface area contributed by atoms with E-state index in [1.807, 2.05) is 0 Å². The van der Waals surface area contributed by atoms with E-state index in [0.29, 0.717) is 16.5 Å². The van der Waals surface area contributed by atoms with E-state index in [4.69, 9.17) is 10.5 Å². The molecule has 2 aromatic rings. The van der Waals surface area contributed by atoms with Crippen LogP contribution in [0.4, 0.5) is 17.3 Å². The fourth-order valence-electron chi connectivity index (χ4n) is 2.28. The number of hydrogen-bond donors (Lipinski definition) is 3. The van der Waals surface area contributed by atoms with Crippen LogP contribution in [0.1, 0.15) is 26.8 Å². The maximum absolute atomic E-state index is 12.6. The number of carbonyl (C=O) groups excluding carboxylic acids is 3. The van der Waals surface area contributed by atoms with E-state index in [-0.39, 0.29) is 30.1 Å². The van der Waals surface area contributed by atoms with Crippen LogP contribution in [0.2, 0.25) is 0 Å². The Labute approximate surface area is 166 Å². The van der Waals surface area contributed by atoms with E-state index in [0.717, 1.165) is 11.8 Å². The van der Waals surface area contributed by atoms with Crippen LogP contribution in [0.25, 0.3) is 0 Å². The van der Waals surface area contributed by atoms with Gasteiger partial charge in [0.05, 0.1) is 12.4 Å². The minimum Gasteiger partial charge on any atom is -0.465 e. The lowest BCUT2D eigenvalue weighted by molar-refractivity contribution is -0.139. The van der Waals surface area contributed by atoms with Crippen molar-refractivity contribution in [3.63, 3.8) is 0 Å². The van der Waals surface area contributed by atoms with Crippen molar-refractivity contribution in [2.45, 2.75) is 32.0 Å². The maximum Gasteiger partial charge on any atom is 0.316 e. The fraction of sp³-hybridized carbons (Fsp3) is 0.353. The summed E-state index contributed by atoms with van der Waals surface area (Å²) in [5.74, 6) is -0.810. The second kappa shape index (κ2) is 9.74. The predicted octanol–water partition coefficient (Wildman–Crippen LogP) is 1.67. The van der Waals surface area contributed by atoms with Crippen molar-refractivity contribution < 1.29 is 19.1 Å². The zero-order chi connectivity index (χ0) is 20.7. The number of ether oxygens (including phenoxy) is 1. The molecule has 10 nitrogen and oxygen atoms in total. The lowest BCUT2D eigenvalue weighted by atomic mass is 10.2. The van der Waals surface area contributed by atoms with Crippen molar-refractivity contribution in [2.75, 3.05) is 28.7 Å². The molecule has 0 spiro atoms. The normalized spacial score (nSPS) is 11.5. The molecule has 2 amide bonds. The summed E-state index contributed by atoms with van der Waals surface area (Å²) < 4.78 is 6.33. The van der Waals surface area contributed by atoms with Gasteiger partial charge in [-0.3, -0.25) is 19.0 Å². The van der Waals surface area contributed by atoms with Crippen LogP contribution < -0.4 is 16.4 Å². The Balaban J connectivity index is 2.05. The molecule has 0 saturated carbocycles. The quantitative estimate of drug-likeness (QED) is 0.444. The molecule has 1 heterocycles. The number of amides is 2. The summed E-state index contributed by atoms with van der Waals surface area (Å²) in [6.07, 6.45) is 0. The molecule has 28 heavy (non-hydrogen) atoms. The SMILES string of the molecule is CCOC(=O)CSc1nnc(N)n1C(C)C(=O)Nc1ccc(NC(C)=O)cc1. The monoisotopic (exact) mass is 406 g/mol. The van der Waals surface area contributed by atoms with Crippen LogP contribution in [-0.2, 0) is 19.1 Å². The molecule has 1 aromatic carbocycles.